The Labute approximate surface area is 314 Å². The summed E-state index contributed by atoms with van der Waals surface area (Å²) >= 11 is 0. The largest absolute Gasteiger partial charge is 0.0616 e. The summed E-state index contributed by atoms with van der Waals surface area (Å²) in [5.41, 5.74) is 9.90. The van der Waals surface area contributed by atoms with Gasteiger partial charge in [0.2, 0.25) is 0 Å². The highest BCUT2D eigenvalue weighted by molar-refractivity contribution is 6.23. The van der Waals surface area contributed by atoms with Crippen molar-refractivity contribution >= 4 is 64.6 Å². The molecule has 0 heteroatoms. The summed E-state index contributed by atoms with van der Waals surface area (Å²) in [7, 11) is 0. The van der Waals surface area contributed by atoms with E-state index in [9.17, 15) is 0 Å². The third-order valence-corrected chi connectivity index (χ3v) is 11.4. The van der Waals surface area contributed by atoms with Crippen LogP contribution < -0.4 is 0 Å². The summed E-state index contributed by atoms with van der Waals surface area (Å²) < 4.78 is 0. The van der Waals surface area contributed by atoms with E-state index in [4.69, 9.17) is 0 Å². The smallest absolute Gasteiger partial charge is 0.00259 e. The standard InChI is InChI=1S/C54H34/c1-3-14-37-30-39(26-24-35(37)12-1)40-28-29-50-52(33-40)54(44-27-25-36-13-2-4-15-38(36)31-44)49-23-10-9-22-48(49)53(50)43-18-11-17-41(32-43)51-34-42-16-5-6-19-45(42)46-20-7-8-21-47(46)51/h1-34H. The number of hydrogen-bond donors (Lipinski definition) is 0. The number of hydrogen-bond acceptors (Lipinski definition) is 0. The quantitative estimate of drug-likeness (QED) is 0.128. The second-order valence-corrected chi connectivity index (χ2v) is 14.5. The van der Waals surface area contributed by atoms with Crippen molar-refractivity contribution < 1.29 is 0 Å². The number of rotatable bonds is 4. The van der Waals surface area contributed by atoms with Gasteiger partial charge in [-0.3, -0.25) is 0 Å². The fourth-order valence-electron chi connectivity index (χ4n) is 8.83. The highest BCUT2D eigenvalue weighted by Crippen LogP contribution is 2.46. The molecule has 0 heterocycles. The minimum absolute atomic E-state index is 1.22. The first-order chi connectivity index (χ1) is 26.8. The average molecular weight is 683 g/mol. The highest BCUT2D eigenvalue weighted by atomic mass is 14.2. The van der Waals surface area contributed by atoms with Crippen molar-refractivity contribution in [1.82, 2.24) is 0 Å². The van der Waals surface area contributed by atoms with E-state index in [1.165, 1.54) is 109 Å². The topological polar surface area (TPSA) is 0 Å². The summed E-state index contributed by atoms with van der Waals surface area (Å²) in [6.45, 7) is 0. The summed E-state index contributed by atoms with van der Waals surface area (Å²) in [5, 5.41) is 15.1. The second kappa shape index (κ2) is 12.3. The molecule has 54 heavy (non-hydrogen) atoms. The van der Waals surface area contributed by atoms with Crippen LogP contribution >= 0.6 is 0 Å². The predicted octanol–water partition coefficient (Wildman–Crippen LogP) is 15.3. The maximum atomic E-state index is 2.43. The Morgan fingerprint density at radius 2 is 0.648 bits per heavy atom. The molecule has 0 N–H and O–H groups in total. The van der Waals surface area contributed by atoms with Crippen molar-refractivity contribution in [3.63, 3.8) is 0 Å². The van der Waals surface area contributed by atoms with Crippen LogP contribution in [0.4, 0.5) is 0 Å². The minimum Gasteiger partial charge on any atom is -0.0616 e. The molecule has 0 aromatic heterocycles. The molecule has 0 nitrogen and oxygen atoms in total. The van der Waals surface area contributed by atoms with Crippen molar-refractivity contribution in [2.75, 3.05) is 0 Å². The van der Waals surface area contributed by atoms with Crippen LogP contribution in [0, 0.1) is 0 Å². The van der Waals surface area contributed by atoms with Gasteiger partial charge in [-0.1, -0.05) is 176 Å². The molecule has 0 bridgehead atoms. The van der Waals surface area contributed by atoms with E-state index < -0.39 is 0 Å². The molecule has 11 aromatic rings. The van der Waals surface area contributed by atoms with E-state index in [0.717, 1.165) is 0 Å². The molecular formula is C54H34. The van der Waals surface area contributed by atoms with Crippen LogP contribution in [0.2, 0.25) is 0 Å². The van der Waals surface area contributed by atoms with Gasteiger partial charge in [0.25, 0.3) is 0 Å². The maximum absolute atomic E-state index is 2.43. The molecule has 0 unspecified atom stereocenters. The van der Waals surface area contributed by atoms with Gasteiger partial charge in [0.15, 0.2) is 0 Å². The minimum atomic E-state index is 1.22. The highest BCUT2D eigenvalue weighted by Gasteiger charge is 2.19. The van der Waals surface area contributed by atoms with Gasteiger partial charge in [0, 0.05) is 0 Å². The number of benzene rings is 11. The zero-order valence-electron chi connectivity index (χ0n) is 29.6. The van der Waals surface area contributed by atoms with Gasteiger partial charge >= 0.3 is 0 Å². The maximum Gasteiger partial charge on any atom is -0.00259 e. The monoisotopic (exact) mass is 682 g/mol. The molecule has 0 aliphatic carbocycles. The first-order valence-electron chi connectivity index (χ1n) is 18.7. The average Bonchev–Trinajstić information content (AvgIpc) is 3.24. The molecule has 0 saturated carbocycles. The third kappa shape index (κ3) is 4.92. The van der Waals surface area contributed by atoms with E-state index in [-0.39, 0.29) is 0 Å². The first-order valence-corrected chi connectivity index (χ1v) is 18.7. The molecule has 0 spiro atoms. The zero-order chi connectivity index (χ0) is 35.6. The molecule has 0 radical (unpaired) electrons. The van der Waals surface area contributed by atoms with Crippen LogP contribution in [0.25, 0.3) is 109 Å². The molecule has 0 aliphatic heterocycles. The fraction of sp³-hybridized carbons (Fsp3) is 0. The van der Waals surface area contributed by atoms with Crippen LogP contribution in [0.15, 0.2) is 206 Å². The molecule has 0 fully saturated rings. The third-order valence-electron chi connectivity index (χ3n) is 11.4. The van der Waals surface area contributed by atoms with Gasteiger partial charge in [-0.15, -0.1) is 0 Å². The molecule has 0 atom stereocenters. The lowest BCUT2D eigenvalue weighted by atomic mass is 9.83. The van der Waals surface area contributed by atoms with E-state index in [0.29, 0.717) is 0 Å². The van der Waals surface area contributed by atoms with Gasteiger partial charge in [-0.25, -0.2) is 0 Å². The lowest BCUT2D eigenvalue weighted by Gasteiger charge is -2.20. The van der Waals surface area contributed by atoms with Gasteiger partial charge in [0.1, 0.15) is 0 Å². The van der Waals surface area contributed by atoms with Crippen LogP contribution in [0.5, 0.6) is 0 Å². The Bertz CT molecular complexity index is 3270. The normalized spacial score (nSPS) is 11.7. The van der Waals surface area contributed by atoms with Crippen LogP contribution in [-0.4, -0.2) is 0 Å². The van der Waals surface area contributed by atoms with E-state index in [1.54, 1.807) is 0 Å². The van der Waals surface area contributed by atoms with E-state index >= 15 is 0 Å². The van der Waals surface area contributed by atoms with Crippen LogP contribution in [0.3, 0.4) is 0 Å². The van der Waals surface area contributed by atoms with Crippen molar-refractivity contribution in [3.05, 3.63) is 206 Å². The van der Waals surface area contributed by atoms with Crippen molar-refractivity contribution in [3.8, 4) is 44.5 Å². The lowest BCUT2D eigenvalue weighted by Crippen LogP contribution is -1.92. The Hall–Kier alpha value is -7.02. The van der Waals surface area contributed by atoms with Crippen LogP contribution in [0.1, 0.15) is 0 Å². The zero-order valence-corrected chi connectivity index (χ0v) is 29.6. The molecule has 11 rings (SSSR count). The molecule has 0 amide bonds. The summed E-state index contributed by atoms with van der Waals surface area (Å²) in [4.78, 5) is 0. The van der Waals surface area contributed by atoms with Gasteiger partial charge < -0.3 is 0 Å². The molecule has 11 aromatic carbocycles. The van der Waals surface area contributed by atoms with Gasteiger partial charge in [-0.2, -0.15) is 0 Å². The summed E-state index contributed by atoms with van der Waals surface area (Å²) in [6.07, 6.45) is 0. The SMILES string of the molecule is c1cc(-c2c3ccccc3c(-c3ccc4ccccc4c3)c3cc(-c4ccc5ccccc5c4)ccc23)cc(-c2cc3ccccc3c3ccccc23)c1. The first kappa shape index (κ1) is 30.6. The Morgan fingerprint density at radius 3 is 1.37 bits per heavy atom. The van der Waals surface area contributed by atoms with Crippen molar-refractivity contribution in [1.29, 1.82) is 0 Å². The van der Waals surface area contributed by atoms with Gasteiger partial charge in [-0.05, 0) is 139 Å². The second-order valence-electron chi connectivity index (χ2n) is 14.5. The molecule has 250 valence electrons. The Kier molecular flexibility index (Phi) is 6.97. The summed E-state index contributed by atoms with van der Waals surface area (Å²) in [5.74, 6) is 0. The Balaban J connectivity index is 1.20. The van der Waals surface area contributed by atoms with Crippen molar-refractivity contribution in [2.45, 2.75) is 0 Å². The molecule has 0 aliphatic rings. The lowest BCUT2D eigenvalue weighted by molar-refractivity contribution is 1.63. The number of fused-ring (bicyclic) bond motifs is 7. The van der Waals surface area contributed by atoms with E-state index in [1.807, 2.05) is 0 Å². The van der Waals surface area contributed by atoms with E-state index in [2.05, 4.69) is 206 Å². The molecule has 0 saturated heterocycles. The predicted molar refractivity (Wildman–Crippen MR) is 233 cm³/mol. The molecular weight excluding hydrogens is 649 g/mol. The van der Waals surface area contributed by atoms with Crippen molar-refractivity contribution in [2.24, 2.45) is 0 Å². The Morgan fingerprint density at radius 1 is 0.185 bits per heavy atom. The summed E-state index contributed by atoms with van der Waals surface area (Å²) in [6, 6.07) is 76.3. The van der Waals surface area contributed by atoms with Gasteiger partial charge in [0.05, 0.1) is 0 Å². The van der Waals surface area contributed by atoms with Crippen LogP contribution in [-0.2, 0) is 0 Å². The fourth-order valence-corrected chi connectivity index (χ4v) is 8.83.